The van der Waals surface area contributed by atoms with Crippen molar-refractivity contribution in [3.63, 3.8) is 0 Å². The molecule has 2 aromatic heterocycles. The van der Waals surface area contributed by atoms with Gasteiger partial charge in [-0.2, -0.15) is 5.26 Å². The lowest BCUT2D eigenvalue weighted by Gasteiger charge is -2.07. The third-order valence-corrected chi connectivity index (χ3v) is 2.22. The lowest BCUT2D eigenvalue weighted by atomic mass is 10.3. The Kier molecular flexibility index (Phi) is 3.51. The molecular weight excluding hydrogens is 242 g/mol. The van der Waals surface area contributed by atoms with Crippen molar-refractivity contribution in [2.75, 3.05) is 17.7 Å². The quantitative estimate of drug-likeness (QED) is 0.782. The van der Waals surface area contributed by atoms with Gasteiger partial charge in [0.15, 0.2) is 17.2 Å². The number of anilines is 3. The summed E-state index contributed by atoms with van der Waals surface area (Å²) in [5.41, 5.74) is 1.36. The van der Waals surface area contributed by atoms with Crippen LogP contribution in [0.3, 0.4) is 0 Å². The molecule has 7 nitrogen and oxygen atoms in total. The van der Waals surface area contributed by atoms with E-state index in [1.807, 2.05) is 6.07 Å². The smallest absolute Gasteiger partial charge is 0.158 e. The van der Waals surface area contributed by atoms with E-state index in [9.17, 15) is 0 Å². The van der Waals surface area contributed by atoms with Crippen LogP contribution in [0.4, 0.5) is 17.3 Å². The van der Waals surface area contributed by atoms with Gasteiger partial charge >= 0.3 is 0 Å². The highest BCUT2D eigenvalue weighted by molar-refractivity contribution is 5.62. The van der Waals surface area contributed by atoms with Crippen LogP contribution >= 0.6 is 0 Å². The van der Waals surface area contributed by atoms with Crippen molar-refractivity contribution in [3.8, 4) is 18.4 Å². The zero-order valence-electron chi connectivity index (χ0n) is 10.0. The van der Waals surface area contributed by atoms with Gasteiger partial charge in [-0.15, -0.1) is 16.6 Å². The molecule has 0 fully saturated rings. The average Bonchev–Trinajstić information content (AvgIpc) is 2.48. The van der Waals surface area contributed by atoms with Gasteiger partial charge < -0.3 is 10.6 Å². The van der Waals surface area contributed by atoms with E-state index in [0.717, 1.165) is 0 Å². The molecule has 0 aromatic carbocycles. The monoisotopic (exact) mass is 251 g/mol. The average molecular weight is 251 g/mol. The molecule has 92 valence electrons. The van der Waals surface area contributed by atoms with Crippen LogP contribution < -0.4 is 10.6 Å². The van der Waals surface area contributed by atoms with Gasteiger partial charge in [0.25, 0.3) is 0 Å². The van der Waals surface area contributed by atoms with Crippen molar-refractivity contribution >= 4 is 17.3 Å². The number of nitrogens with one attached hydrogen (secondary N) is 2. The van der Waals surface area contributed by atoms with Gasteiger partial charge in [0, 0.05) is 13.1 Å². The van der Waals surface area contributed by atoms with E-state index in [1.165, 1.54) is 12.4 Å². The zero-order valence-corrected chi connectivity index (χ0v) is 10.0. The molecule has 0 aliphatic rings. The molecule has 0 aliphatic carbocycles. The van der Waals surface area contributed by atoms with E-state index >= 15 is 0 Å². The first-order valence-electron chi connectivity index (χ1n) is 5.28. The van der Waals surface area contributed by atoms with E-state index in [0.29, 0.717) is 23.0 Å². The summed E-state index contributed by atoms with van der Waals surface area (Å²) in [6.45, 7) is 0. The molecule has 0 unspecified atom stereocenters. The zero-order chi connectivity index (χ0) is 13.7. The third kappa shape index (κ3) is 2.73. The fourth-order valence-electron chi connectivity index (χ4n) is 1.33. The molecule has 0 atom stereocenters. The first-order valence-corrected chi connectivity index (χ1v) is 5.28. The predicted octanol–water partition coefficient (Wildman–Crippen LogP) is 0.905. The molecule has 0 bridgehead atoms. The fourth-order valence-corrected chi connectivity index (χ4v) is 1.33. The minimum Gasteiger partial charge on any atom is -0.386 e. The van der Waals surface area contributed by atoms with Gasteiger partial charge in [0.05, 0.1) is 18.1 Å². The Balaban J connectivity index is 2.24. The fraction of sp³-hybridized carbons (Fsp3) is 0.0833. The van der Waals surface area contributed by atoms with E-state index in [2.05, 4.69) is 36.7 Å². The van der Waals surface area contributed by atoms with Gasteiger partial charge in [-0.3, -0.25) is 0 Å². The SMILES string of the molecule is C#Cc1nnc(Nc2cnc(C#N)cn2)cc1NC. The molecule has 7 heteroatoms. The van der Waals surface area contributed by atoms with Crippen LogP contribution in [0.25, 0.3) is 0 Å². The van der Waals surface area contributed by atoms with Gasteiger partial charge in [-0.05, 0) is 5.92 Å². The Hall–Kier alpha value is -3.19. The molecule has 2 rings (SSSR count). The number of hydrogen-bond donors (Lipinski definition) is 2. The maximum absolute atomic E-state index is 8.62. The van der Waals surface area contributed by atoms with Crippen LogP contribution in [0.5, 0.6) is 0 Å². The lowest BCUT2D eigenvalue weighted by molar-refractivity contribution is 1.01. The Morgan fingerprint density at radius 1 is 1.21 bits per heavy atom. The summed E-state index contributed by atoms with van der Waals surface area (Å²) in [4.78, 5) is 7.91. The second kappa shape index (κ2) is 5.43. The van der Waals surface area contributed by atoms with Crippen LogP contribution in [-0.4, -0.2) is 27.2 Å². The molecule has 0 saturated carbocycles. The number of hydrogen-bond acceptors (Lipinski definition) is 7. The molecule has 0 spiro atoms. The molecule has 2 N–H and O–H groups in total. The highest BCUT2D eigenvalue weighted by Gasteiger charge is 2.05. The molecule has 2 aromatic rings. The van der Waals surface area contributed by atoms with Crippen LogP contribution in [-0.2, 0) is 0 Å². The second-order valence-corrected chi connectivity index (χ2v) is 3.41. The van der Waals surface area contributed by atoms with Gasteiger partial charge in [-0.25, -0.2) is 9.97 Å². The van der Waals surface area contributed by atoms with Gasteiger partial charge in [-0.1, -0.05) is 0 Å². The highest BCUT2D eigenvalue weighted by Crippen LogP contribution is 2.17. The predicted molar refractivity (Wildman–Crippen MR) is 69.5 cm³/mol. The number of terminal acetylenes is 1. The van der Waals surface area contributed by atoms with E-state index in [1.54, 1.807) is 13.1 Å². The number of nitrogens with zero attached hydrogens (tertiary/aromatic N) is 5. The van der Waals surface area contributed by atoms with E-state index in [4.69, 9.17) is 11.7 Å². The summed E-state index contributed by atoms with van der Waals surface area (Å²) in [6, 6.07) is 3.60. The van der Waals surface area contributed by atoms with Crippen LogP contribution in [0, 0.1) is 23.7 Å². The molecule has 0 amide bonds. The summed E-state index contributed by atoms with van der Waals surface area (Å²) < 4.78 is 0. The highest BCUT2D eigenvalue weighted by atomic mass is 15.2. The first kappa shape index (κ1) is 12.3. The molecule has 0 aliphatic heterocycles. The standard InChI is InChI=1S/C12H9N7/c1-3-9-10(14-2)4-11(19-18-9)17-12-7-15-8(5-13)6-16-12/h1,4,6-7H,2H3,(H2,14,16,17,19). The summed E-state index contributed by atoms with van der Waals surface area (Å²) in [5.74, 6) is 3.36. The van der Waals surface area contributed by atoms with Crippen molar-refractivity contribution < 1.29 is 0 Å². The first-order chi connectivity index (χ1) is 9.26. The van der Waals surface area contributed by atoms with Crippen LogP contribution in [0.15, 0.2) is 18.5 Å². The minimum absolute atomic E-state index is 0.246. The van der Waals surface area contributed by atoms with E-state index in [-0.39, 0.29) is 5.69 Å². The van der Waals surface area contributed by atoms with Crippen molar-refractivity contribution in [3.05, 3.63) is 29.8 Å². The largest absolute Gasteiger partial charge is 0.386 e. The number of nitriles is 1. The third-order valence-electron chi connectivity index (χ3n) is 2.22. The van der Waals surface area contributed by atoms with Crippen molar-refractivity contribution in [1.82, 2.24) is 20.2 Å². The van der Waals surface area contributed by atoms with Gasteiger partial charge in [0.2, 0.25) is 0 Å². The van der Waals surface area contributed by atoms with Crippen molar-refractivity contribution in [1.29, 1.82) is 5.26 Å². The topological polar surface area (TPSA) is 99.4 Å². The Morgan fingerprint density at radius 3 is 2.63 bits per heavy atom. The normalized spacial score (nSPS) is 9.21. The second-order valence-electron chi connectivity index (χ2n) is 3.41. The molecular formula is C12H9N7. The summed E-state index contributed by atoms with van der Waals surface area (Å²) >= 11 is 0. The van der Waals surface area contributed by atoms with E-state index < -0.39 is 0 Å². The maximum atomic E-state index is 8.62. The summed E-state index contributed by atoms with van der Waals surface area (Å²) in [6.07, 6.45) is 8.10. The Bertz CT molecular complexity index is 664. The van der Waals surface area contributed by atoms with Crippen molar-refractivity contribution in [2.45, 2.75) is 0 Å². The molecule has 19 heavy (non-hydrogen) atoms. The molecule has 0 radical (unpaired) electrons. The summed E-state index contributed by atoms with van der Waals surface area (Å²) in [7, 11) is 1.74. The number of aromatic nitrogens is 4. The minimum atomic E-state index is 0.246. The summed E-state index contributed by atoms with van der Waals surface area (Å²) in [5, 5.41) is 22.3. The van der Waals surface area contributed by atoms with Crippen LogP contribution in [0.2, 0.25) is 0 Å². The van der Waals surface area contributed by atoms with Crippen LogP contribution in [0.1, 0.15) is 11.4 Å². The Morgan fingerprint density at radius 2 is 2.05 bits per heavy atom. The molecule has 0 saturated heterocycles. The molecule has 2 heterocycles. The Labute approximate surface area is 109 Å². The lowest BCUT2D eigenvalue weighted by Crippen LogP contribution is -2.03. The maximum Gasteiger partial charge on any atom is 0.158 e. The van der Waals surface area contributed by atoms with Crippen molar-refractivity contribution in [2.24, 2.45) is 0 Å². The van der Waals surface area contributed by atoms with Gasteiger partial charge in [0.1, 0.15) is 11.9 Å². The number of rotatable bonds is 3.